The summed E-state index contributed by atoms with van der Waals surface area (Å²) in [5.41, 5.74) is -1.12. The Balaban J connectivity index is 1.79. The molecule has 27 heavy (non-hydrogen) atoms. The molecule has 0 N–H and O–H groups in total. The van der Waals surface area contributed by atoms with Crippen molar-refractivity contribution in [3.63, 3.8) is 0 Å². The fourth-order valence-electron chi connectivity index (χ4n) is 4.08. The maximum absolute atomic E-state index is 6.27. The molecule has 148 valence electrons. The molecule has 7 heteroatoms. The normalized spacial score (nSPS) is 39.4. The highest BCUT2D eigenvalue weighted by atomic mass is 16.9. The van der Waals surface area contributed by atoms with E-state index in [0.29, 0.717) is 12.4 Å². The zero-order chi connectivity index (χ0) is 19.4. The molecule has 0 aliphatic carbocycles. The van der Waals surface area contributed by atoms with E-state index < -0.39 is 41.8 Å². The number of terminal acetylenes is 1. The molecule has 4 heterocycles. The van der Waals surface area contributed by atoms with Gasteiger partial charge in [-0.25, -0.2) is 0 Å². The molecule has 0 spiro atoms. The average molecular weight is 378 g/mol. The van der Waals surface area contributed by atoms with Crippen molar-refractivity contribution >= 4 is 0 Å². The Labute approximate surface area is 159 Å². The molecule has 0 aromatic carbocycles. The first kappa shape index (κ1) is 18.9. The van der Waals surface area contributed by atoms with Gasteiger partial charge in [-0.05, 0) is 46.8 Å². The predicted octanol–water partition coefficient (Wildman–Crippen LogP) is 2.46. The summed E-state index contributed by atoms with van der Waals surface area (Å²) in [6, 6.07) is 3.73. The number of furan rings is 1. The van der Waals surface area contributed by atoms with Crippen LogP contribution >= 0.6 is 0 Å². The summed E-state index contributed by atoms with van der Waals surface area (Å²) in [5.74, 6) is 2.32. The summed E-state index contributed by atoms with van der Waals surface area (Å²) in [5, 5.41) is 0. The standard InChI is InChI=1S/C20H26O7/c1-7-10-21-20(14-9-8-12(2)23-14)15(13-11-22-18(3,4)25-13)24-17-16(20)26-19(5,6)27-17/h1,8-9,13,15-17H,10-11H2,2-6H3/t13-,15-,16+,17-,20-/m1/s1. The second-order valence-corrected chi connectivity index (χ2v) is 8.04. The van der Waals surface area contributed by atoms with E-state index in [9.17, 15) is 0 Å². The van der Waals surface area contributed by atoms with Crippen molar-refractivity contribution < 1.29 is 32.8 Å². The van der Waals surface area contributed by atoms with Gasteiger partial charge in [-0.3, -0.25) is 0 Å². The van der Waals surface area contributed by atoms with Crippen LogP contribution in [0.15, 0.2) is 16.5 Å². The summed E-state index contributed by atoms with van der Waals surface area (Å²) in [6.45, 7) is 9.67. The molecule has 5 atom stereocenters. The highest BCUT2D eigenvalue weighted by Gasteiger charge is 2.69. The van der Waals surface area contributed by atoms with Crippen molar-refractivity contribution in [2.45, 2.75) is 76.4 Å². The first-order valence-corrected chi connectivity index (χ1v) is 9.14. The minimum absolute atomic E-state index is 0.0591. The van der Waals surface area contributed by atoms with Crippen molar-refractivity contribution in [3.8, 4) is 12.3 Å². The zero-order valence-corrected chi connectivity index (χ0v) is 16.3. The summed E-state index contributed by atoms with van der Waals surface area (Å²) in [7, 11) is 0. The number of rotatable bonds is 4. The molecule has 1 aromatic heterocycles. The molecule has 3 fully saturated rings. The van der Waals surface area contributed by atoms with Crippen LogP contribution in [-0.2, 0) is 34.0 Å². The Morgan fingerprint density at radius 2 is 1.89 bits per heavy atom. The van der Waals surface area contributed by atoms with E-state index in [0.717, 1.165) is 5.76 Å². The van der Waals surface area contributed by atoms with Gasteiger partial charge < -0.3 is 32.8 Å². The first-order chi connectivity index (χ1) is 12.7. The van der Waals surface area contributed by atoms with Gasteiger partial charge in [0.05, 0.1) is 6.61 Å². The van der Waals surface area contributed by atoms with Crippen molar-refractivity contribution in [1.29, 1.82) is 0 Å². The fourth-order valence-corrected chi connectivity index (χ4v) is 4.08. The van der Waals surface area contributed by atoms with Crippen molar-refractivity contribution in [2.24, 2.45) is 0 Å². The van der Waals surface area contributed by atoms with Crippen LogP contribution < -0.4 is 0 Å². The van der Waals surface area contributed by atoms with Crippen LogP contribution in [-0.4, -0.2) is 49.4 Å². The minimum Gasteiger partial charge on any atom is -0.463 e. The predicted molar refractivity (Wildman–Crippen MR) is 93.5 cm³/mol. The van der Waals surface area contributed by atoms with E-state index in [2.05, 4.69) is 5.92 Å². The molecule has 3 aliphatic heterocycles. The van der Waals surface area contributed by atoms with Gasteiger partial charge in [0.25, 0.3) is 0 Å². The quantitative estimate of drug-likeness (QED) is 0.746. The largest absolute Gasteiger partial charge is 0.463 e. The lowest BCUT2D eigenvalue weighted by Crippen LogP contribution is -2.53. The molecular weight excluding hydrogens is 352 g/mol. The summed E-state index contributed by atoms with van der Waals surface area (Å²) >= 11 is 0. The number of aryl methyl sites for hydroxylation is 1. The Morgan fingerprint density at radius 3 is 2.48 bits per heavy atom. The topological polar surface area (TPSA) is 68.5 Å². The van der Waals surface area contributed by atoms with Gasteiger partial charge >= 0.3 is 0 Å². The average Bonchev–Trinajstić information content (AvgIpc) is 3.29. The van der Waals surface area contributed by atoms with Crippen molar-refractivity contribution in [2.75, 3.05) is 13.2 Å². The van der Waals surface area contributed by atoms with Crippen molar-refractivity contribution in [1.82, 2.24) is 0 Å². The molecule has 0 unspecified atom stereocenters. The van der Waals surface area contributed by atoms with Gasteiger partial charge in [0.1, 0.15) is 30.3 Å². The SMILES string of the molecule is C#CCO[C@]1(c2ccc(C)o2)[C@@H]([C@H]2COC(C)(C)O2)O[C@@H]2OC(C)(C)O[C@@H]21. The highest BCUT2D eigenvalue weighted by molar-refractivity contribution is 5.24. The molecular formula is C20H26O7. The van der Waals surface area contributed by atoms with E-state index in [-0.39, 0.29) is 6.61 Å². The number of ether oxygens (including phenoxy) is 6. The molecule has 3 aliphatic rings. The van der Waals surface area contributed by atoms with E-state index in [1.165, 1.54) is 0 Å². The molecule has 1 aromatic rings. The Morgan fingerprint density at radius 1 is 1.11 bits per heavy atom. The maximum atomic E-state index is 6.27. The molecule has 4 rings (SSSR count). The van der Waals surface area contributed by atoms with Crippen LogP contribution in [0.5, 0.6) is 0 Å². The fraction of sp³-hybridized carbons (Fsp3) is 0.700. The minimum atomic E-state index is -1.12. The van der Waals surface area contributed by atoms with E-state index >= 15 is 0 Å². The van der Waals surface area contributed by atoms with Crippen LogP contribution in [0, 0.1) is 19.3 Å². The lowest BCUT2D eigenvalue weighted by molar-refractivity contribution is -0.259. The molecule has 0 amide bonds. The van der Waals surface area contributed by atoms with Crippen LogP contribution in [0.3, 0.4) is 0 Å². The summed E-state index contributed by atoms with van der Waals surface area (Å²) in [4.78, 5) is 0. The van der Waals surface area contributed by atoms with E-state index in [1.807, 2.05) is 46.8 Å². The Hall–Kier alpha value is -1.40. The first-order valence-electron chi connectivity index (χ1n) is 9.14. The van der Waals surface area contributed by atoms with E-state index in [1.54, 1.807) is 0 Å². The smallest absolute Gasteiger partial charge is 0.191 e. The second-order valence-electron chi connectivity index (χ2n) is 8.04. The van der Waals surface area contributed by atoms with Gasteiger partial charge in [0.2, 0.25) is 0 Å². The molecule has 3 saturated heterocycles. The number of hydrogen-bond donors (Lipinski definition) is 0. The monoisotopic (exact) mass is 378 g/mol. The number of fused-ring (bicyclic) bond motifs is 1. The van der Waals surface area contributed by atoms with Crippen LogP contribution in [0.25, 0.3) is 0 Å². The van der Waals surface area contributed by atoms with Crippen molar-refractivity contribution in [3.05, 3.63) is 23.7 Å². The third-order valence-electron chi connectivity index (χ3n) is 5.07. The molecule has 0 saturated carbocycles. The summed E-state index contributed by atoms with van der Waals surface area (Å²) in [6.07, 6.45) is 3.32. The van der Waals surface area contributed by atoms with Gasteiger partial charge in [-0.1, -0.05) is 5.92 Å². The highest BCUT2D eigenvalue weighted by Crippen LogP contribution is 2.53. The summed E-state index contributed by atoms with van der Waals surface area (Å²) < 4.78 is 42.5. The zero-order valence-electron chi connectivity index (χ0n) is 16.3. The van der Waals surface area contributed by atoms with Gasteiger partial charge in [-0.2, -0.15) is 0 Å². The second kappa shape index (κ2) is 6.31. The lowest BCUT2D eigenvalue weighted by atomic mass is 9.86. The molecule has 0 radical (unpaired) electrons. The van der Waals surface area contributed by atoms with Gasteiger partial charge in [0, 0.05) is 0 Å². The lowest BCUT2D eigenvalue weighted by Gasteiger charge is -2.38. The van der Waals surface area contributed by atoms with Crippen LogP contribution in [0.1, 0.15) is 39.2 Å². The van der Waals surface area contributed by atoms with Gasteiger partial charge in [-0.15, -0.1) is 6.42 Å². The third kappa shape index (κ3) is 3.11. The Bertz CT molecular complexity index is 746. The number of hydrogen-bond acceptors (Lipinski definition) is 7. The van der Waals surface area contributed by atoms with Crippen LogP contribution in [0.4, 0.5) is 0 Å². The molecule has 0 bridgehead atoms. The maximum Gasteiger partial charge on any atom is 0.191 e. The third-order valence-corrected chi connectivity index (χ3v) is 5.07. The van der Waals surface area contributed by atoms with Gasteiger partial charge in [0.15, 0.2) is 29.6 Å². The van der Waals surface area contributed by atoms with E-state index in [4.69, 9.17) is 39.3 Å². The van der Waals surface area contributed by atoms with Crippen LogP contribution in [0.2, 0.25) is 0 Å². The Kier molecular flexibility index (Phi) is 4.43. The molecule has 7 nitrogen and oxygen atoms in total.